The minimum Gasteiger partial charge on any atom is -0.504 e. The molecule has 2 amide bonds. The van der Waals surface area contributed by atoms with Crippen molar-refractivity contribution in [2.24, 2.45) is 0 Å². The summed E-state index contributed by atoms with van der Waals surface area (Å²) >= 11 is 17.0. The summed E-state index contributed by atoms with van der Waals surface area (Å²) in [5.41, 5.74) is 0.777. The van der Waals surface area contributed by atoms with Crippen LogP contribution in [0.15, 0.2) is 42.1 Å². The van der Waals surface area contributed by atoms with E-state index in [0.29, 0.717) is 10.6 Å². The van der Waals surface area contributed by atoms with Crippen molar-refractivity contribution in [3.8, 4) is 11.5 Å². The number of methoxy groups -OCH3 is 1. The maximum Gasteiger partial charge on any atom is 0.283 e. The zero-order valence-corrected chi connectivity index (χ0v) is 16.2. The van der Waals surface area contributed by atoms with Crippen LogP contribution in [0.5, 0.6) is 11.5 Å². The first-order valence-electron chi connectivity index (χ1n) is 7.55. The van der Waals surface area contributed by atoms with Crippen LogP contribution in [0.25, 0.3) is 6.08 Å². The molecule has 0 saturated carbocycles. The number of benzene rings is 2. The van der Waals surface area contributed by atoms with E-state index in [2.05, 4.69) is 5.32 Å². The molecule has 0 bridgehead atoms. The van der Waals surface area contributed by atoms with Gasteiger partial charge in [0.2, 0.25) is 0 Å². The van der Waals surface area contributed by atoms with Gasteiger partial charge in [-0.15, -0.1) is 0 Å². The Kier molecular flexibility index (Phi) is 5.36. The highest BCUT2D eigenvalue weighted by atomic mass is 35.5. The third-order valence-electron chi connectivity index (χ3n) is 3.76. The SMILES string of the molecule is COc1cc(C=C2NC(=S)N(C(=O)c3ccc(Cl)cc3Cl)C2=O)ccc1O. The van der Waals surface area contributed by atoms with Gasteiger partial charge in [-0.05, 0) is 54.2 Å². The van der Waals surface area contributed by atoms with Crippen molar-refractivity contribution in [2.75, 3.05) is 7.11 Å². The van der Waals surface area contributed by atoms with E-state index in [1.807, 2.05) is 0 Å². The molecule has 0 unspecified atom stereocenters. The fourth-order valence-corrected chi connectivity index (χ4v) is 3.22. The molecule has 1 fully saturated rings. The van der Waals surface area contributed by atoms with Gasteiger partial charge in [-0.3, -0.25) is 9.59 Å². The molecule has 0 atom stereocenters. The van der Waals surface area contributed by atoms with E-state index in [0.717, 1.165) is 4.90 Å². The number of carbonyl (C=O) groups is 2. The predicted octanol–water partition coefficient (Wildman–Crippen LogP) is 3.61. The quantitative estimate of drug-likeness (QED) is 0.446. The molecule has 2 aromatic carbocycles. The van der Waals surface area contributed by atoms with E-state index >= 15 is 0 Å². The number of phenolic OH excluding ortho intramolecular Hbond substituents is 1. The van der Waals surface area contributed by atoms with E-state index in [9.17, 15) is 14.7 Å². The molecule has 0 spiro atoms. The summed E-state index contributed by atoms with van der Waals surface area (Å²) in [6.07, 6.45) is 1.49. The molecule has 2 aromatic rings. The zero-order chi connectivity index (χ0) is 19.7. The Balaban J connectivity index is 1.92. The molecule has 0 aliphatic carbocycles. The number of halogens is 2. The number of aromatic hydroxyl groups is 1. The van der Waals surface area contributed by atoms with Gasteiger partial charge >= 0.3 is 0 Å². The normalized spacial score (nSPS) is 15.2. The van der Waals surface area contributed by atoms with E-state index in [1.54, 1.807) is 12.1 Å². The highest BCUT2D eigenvalue weighted by molar-refractivity contribution is 7.80. The van der Waals surface area contributed by atoms with Crippen molar-refractivity contribution < 1.29 is 19.4 Å². The molecule has 0 radical (unpaired) electrons. The fourth-order valence-electron chi connectivity index (χ4n) is 2.45. The minimum absolute atomic E-state index is 0.0323. The van der Waals surface area contributed by atoms with Crippen LogP contribution in [-0.4, -0.2) is 34.0 Å². The van der Waals surface area contributed by atoms with E-state index in [4.69, 9.17) is 40.2 Å². The molecular weight excluding hydrogens is 411 g/mol. The molecule has 6 nitrogen and oxygen atoms in total. The Bertz CT molecular complexity index is 1010. The molecule has 3 rings (SSSR count). The summed E-state index contributed by atoms with van der Waals surface area (Å²) in [4.78, 5) is 26.2. The van der Waals surface area contributed by atoms with Crippen LogP contribution < -0.4 is 10.1 Å². The summed E-state index contributed by atoms with van der Waals surface area (Å²) in [5.74, 6) is -1.07. The molecule has 1 heterocycles. The Labute approximate surface area is 169 Å². The smallest absolute Gasteiger partial charge is 0.283 e. The number of carbonyl (C=O) groups excluding carboxylic acids is 2. The van der Waals surface area contributed by atoms with E-state index < -0.39 is 11.8 Å². The molecule has 138 valence electrons. The first-order valence-corrected chi connectivity index (χ1v) is 8.71. The molecule has 2 N–H and O–H groups in total. The van der Waals surface area contributed by atoms with Crippen LogP contribution in [0.3, 0.4) is 0 Å². The Morgan fingerprint density at radius 3 is 2.67 bits per heavy atom. The standard InChI is InChI=1S/C18H12Cl2N2O4S/c1-26-15-7-9(2-5-14(15)23)6-13-17(25)22(18(27)21-13)16(24)11-4-3-10(19)8-12(11)20/h2-8,23H,1H3,(H,21,27). The Morgan fingerprint density at radius 2 is 2.00 bits per heavy atom. The number of hydrogen-bond donors (Lipinski definition) is 2. The molecular formula is C18H12Cl2N2O4S. The van der Waals surface area contributed by atoms with Crippen LogP contribution in [0.4, 0.5) is 0 Å². The summed E-state index contributed by atoms with van der Waals surface area (Å²) in [6, 6.07) is 8.89. The largest absolute Gasteiger partial charge is 0.504 e. The number of hydrogen-bond acceptors (Lipinski definition) is 5. The highest BCUT2D eigenvalue weighted by Crippen LogP contribution is 2.28. The lowest BCUT2D eigenvalue weighted by Crippen LogP contribution is -2.36. The number of rotatable bonds is 3. The van der Waals surface area contributed by atoms with Crippen LogP contribution in [0.2, 0.25) is 10.0 Å². The molecule has 0 aromatic heterocycles. The second-order valence-corrected chi connectivity index (χ2v) is 6.72. The monoisotopic (exact) mass is 422 g/mol. The molecule has 9 heteroatoms. The molecule has 27 heavy (non-hydrogen) atoms. The number of nitrogens with zero attached hydrogens (tertiary/aromatic N) is 1. The number of phenols is 1. The van der Waals surface area contributed by atoms with Gasteiger partial charge in [-0.25, -0.2) is 4.90 Å². The summed E-state index contributed by atoms with van der Waals surface area (Å²) in [5, 5.41) is 12.8. The minimum atomic E-state index is -0.661. The maximum atomic E-state index is 12.7. The van der Waals surface area contributed by atoms with Crippen molar-refractivity contribution in [3.05, 3.63) is 63.3 Å². The van der Waals surface area contributed by atoms with Gasteiger partial charge in [0.1, 0.15) is 5.70 Å². The topological polar surface area (TPSA) is 78.9 Å². The van der Waals surface area contributed by atoms with Crippen molar-refractivity contribution >= 4 is 58.4 Å². The third kappa shape index (κ3) is 3.75. The van der Waals surface area contributed by atoms with Crippen LogP contribution in [0.1, 0.15) is 15.9 Å². The lowest BCUT2D eigenvalue weighted by molar-refractivity contribution is -0.120. The Morgan fingerprint density at radius 1 is 1.26 bits per heavy atom. The van der Waals surface area contributed by atoms with Crippen molar-refractivity contribution in [1.82, 2.24) is 10.2 Å². The van der Waals surface area contributed by atoms with Gasteiger partial charge in [0, 0.05) is 5.02 Å². The second kappa shape index (κ2) is 7.56. The third-order valence-corrected chi connectivity index (χ3v) is 4.59. The van der Waals surface area contributed by atoms with Gasteiger partial charge in [-0.2, -0.15) is 0 Å². The lowest BCUT2D eigenvalue weighted by Gasteiger charge is -2.13. The average molecular weight is 423 g/mol. The Hall–Kier alpha value is -2.61. The van der Waals surface area contributed by atoms with Gasteiger partial charge in [0.05, 0.1) is 17.7 Å². The first kappa shape index (κ1) is 19.2. The molecule has 1 saturated heterocycles. The summed E-state index contributed by atoms with van der Waals surface area (Å²) < 4.78 is 5.04. The number of nitrogens with one attached hydrogen (secondary N) is 1. The average Bonchev–Trinajstić information content (AvgIpc) is 2.89. The molecule has 1 aliphatic rings. The first-order chi connectivity index (χ1) is 12.8. The van der Waals surface area contributed by atoms with Gasteiger partial charge in [-0.1, -0.05) is 29.3 Å². The zero-order valence-electron chi connectivity index (χ0n) is 13.8. The predicted molar refractivity (Wildman–Crippen MR) is 106 cm³/mol. The van der Waals surface area contributed by atoms with Gasteiger partial charge in [0.15, 0.2) is 16.6 Å². The number of ether oxygens (including phenoxy) is 1. The maximum absolute atomic E-state index is 12.7. The van der Waals surface area contributed by atoms with E-state index in [1.165, 1.54) is 37.5 Å². The van der Waals surface area contributed by atoms with Crippen LogP contribution in [0, 0.1) is 0 Å². The van der Waals surface area contributed by atoms with Crippen LogP contribution in [-0.2, 0) is 4.79 Å². The number of thiocarbonyl (C=S) groups is 1. The number of imide groups is 1. The van der Waals surface area contributed by atoms with Gasteiger partial charge in [0.25, 0.3) is 11.8 Å². The summed E-state index contributed by atoms with van der Waals surface area (Å²) in [7, 11) is 1.41. The van der Waals surface area contributed by atoms with Crippen LogP contribution >= 0.6 is 35.4 Å². The second-order valence-electron chi connectivity index (χ2n) is 5.49. The van der Waals surface area contributed by atoms with E-state index in [-0.39, 0.29) is 32.9 Å². The fraction of sp³-hybridized carbons (Fsp3) is 0.0556. The van der Waals surface area contributed by atoms with Gasteiger partial charge < -0.3 is 15.2 Å². The molecule has 1 aliphatic heterocycles. The van der Waals surface area contributed by atoms with Crippen molar-refractivity contribution in [2.45, 2.75) is 0 Å². The van der Waals surface area contributed by atoms with Crippen molar-refractivity contribution in [1.29, 1.82) is 0 Å². The summed E-state index contributed by atoms with van der Waals surface area (Å²) in [6.45, 7) is 0. The lowest BCUT2D eigenvalue weighted by atomic mass is 10.1. The number of amides is 2. The highest BCUT2D eigenvalue weighted by Gasteiger charge is 2.37. The van der Waals surface area contributed by atoms with Crippen molar-refractivity contribution in [3.63, 3.8) is 0 Å².